The van der Waals surface area contributed by atoms with Gasteiger partial charge in [-0.3, -0.25) is 14.5 Å². The van der Waals surface area contributed by atoms with Crippen molar-refractivity contribution in [2.24, 2.45) is 0 Å². The Morgan fingerprint density at radius 2 is 2.08 bits per heavy atom. The Bertz CT molecular complexity index is 832. The largest absolute Gasteiger partial charge is 0.481 e. The molecule has 0 saturated carbocycles. The van der Waals surface area contributed by atoms with Crippen LogP contribution in [0.5, 0.6) is 0 Å². The number of aromatic nitrogens is 3. The van der Waals surface area contributed by atoms with Gasteiger partial charge in [0.1, 0.15) is 17.0 Å². The maximum atomic E-state index is 12.4. The number of thiocarbonyl (C=S) groups is 1. The molecule has 1 aromatic carbocycles. The predicted octanol–water partition coefficient (Wildman–Crippen LogP) is 2.33. The molecule has 1 aliphatic rings. The number of aliphatic carboxylic acids is 1. The quantitative estimate of drug-likeness (QED) is 0.613. The molecule has 0 aliphatic carbocycles. The SMILES string of the molecule is O=C(O)CCCN1C(=O)C(=Cc2ccc(-n3cncn3)cc2)SC1=S. The number of carbonyl (C=O) groups excluding carboxylic acids is 1. The third-order valence-electron chi connectivity index (χ3n) is 3.52. The summed E-state index contributed by atoms with van der Waals surface area (Å²) in [5, 5.41) is 12.8. The number of amides is 1. The zero-order chi connectivity index (χ0) is 17.8. The van der Waals surface area contributed by atoms with Crippen molar-refractivity contribution in [2.75, 3.05) is 6.54 Å². The highest BCUT2D eigenvalue weighted by Crippen LogP contribution is 2.32. The average molecular weight is 374 g/mol. The van der Waals surface area contributed by atoms with Crippen LogP contribution in [0.25, 0.3) is 11.8 Å². The second kappa shape index (κ2) is 7.58. The van der Waals surface area contributed by atoms with Crippen molar-refractivity contribution in [1.29, 1.82) is 0 Å². The Morgan fingerprint density at radius 3 is 2.72 bits per heavy atom. The molecule has 0 spiro atoms. The molecule has 3 rings (SSSR count). The number of carboxylic acid groups (broad SMARTS) is 1. The highest BCUT2D eigenvalue weighted by molar-refractivity contribution is 8.26. The zero-order valence-electron chi connectivity index (χ0n) is 13.0. The minimum atomic E-state index is -0.881. The lowest BCUT2D eigenvalue weighted by molar-refractivity contribution is -0.137. The van der Waals surface area contributed by atoms with Crippen molar-refractivity contribution in [1.82, 2.24) is 19.7 Å². The monoisotopic (exact) mass is 374 g/mol. The average Bonchev–Trinajstić information content (AvgIpc) is 3.20. The van der Waals surface area contributed by atoms with Gasteiger partial charge < -0.3 is 5.11 Å². The smallest absolute Gasteiger partial charge is 0.303 e. The van der Waals surface area contributed by atoms with Crippen molar-refractivity contribution >= 4 is 46.3 Å². The summed E-state index contributed by atoms with van der Waals surface area (Å²) in [7, 11) is 0. The highest BCUT2D eigenvalue weighted by Gasteiger charge is 2.31. The van der Waals surface area contributed by atoms with Crippen LogP contribution in [-0.2, 0) is 9.59 Å². The van der Waals surface area contributed by atoms with E-state index in [1.807, 2.05) is 24.3 Å². The summed E-state index contributed by atoms with van der Waals surface area (Å²) in [6, 6.07) is 7.53. The second-order valence-electron chi connectivity index (χ2n) is 5.26. The molecule has 1 N–H and O–H groups in total. The van der Waals surface area contributed by atoms with E-state index in [1.165, 1.54) is 23.0 Å². The summed E-state index contributed by atoms with van der Waals surface area (Å²) in [6.07, 6.45) is 5.24. The van der Waals surface area contributed by atoms with E-state index in [9.17, 15) is 9.59 Å². The van der Waals surface area contributed by atoms with E-state index in [-0.39, 0.29) is 12.3 Å². The summed E-state index contributed by atoms with van der Waals surface area (Å²) in [5.74, 6) is -1.06. The van der Waals surface area contributed by atoms with Crippen LogP contribution < -0.4 is 0 Å². The molecule has 1 aliphatic heterocycles. The first-order chi connectivity index (χ1) is 12.0. The van der Waals surface area contributed by atoms with Crippen LogP contribution in [0.1, 0.15) is 18.4 Å². The van der Waals surface area contributed by atoms with E-state index in [0.29, 0.717) is 22.2 Å². The predicted molar refractivity (Wildman–Crippen MR) is 98.1 cm³/mol. The third-order valence-corrected chi connectivity index (χ3v) is 4.90. The molecular weight excluding hydrogens is 360 g/mol. The van der Waals surface area contributed by atoms with Gasteiger partial charge in [-0.1, -0.05) is 36.1 Å². The first kappa shape index (κ1) is 17.3. The summed E-state index contributed by atoms with van der Waals surface area (Å²) >= 11 is 6.46. The lowest BCUT2D eigenvalue weighted by Crippen LogP contribution is -2.29. The van der Waals surface area contributed by atoms with Gasteiger partial charge in [-0.15, -0.1) is 0 Å². The van der Waals surface area contributed by atoms with Crippen molar-refractivity contribution < 1.29 is 14.7 Å². The fourth-order valence-electron chi connectivity index (χ4n) is 2.30. The van der Waals surface area contributed by atoms with E-state index >= 15 is 0 Å². The standard InChI is InChI=1S/C16H14N4O3S2/c21-14(22)2-1-7-19-15(23)13(25-16(19)24)8-11-3-5-12(6-4-11)20-10-17-9-18-20/h3-6,8-10H,1-2,7H2,(H,21,22). The lowest BCUT2D eigenvalue weighted by atomic mass is 10.2. The third kappa shape index (κ3) is 4.12. The molecule has 0 unspecified atom stereocenters. The highest BCUT2D eigenvalue weighted by atomic mass is 32.2. The molecule has 2 heterocycles. The zero-order valence-corrected chi connectivity index (χ0v) is 14.7. The van der Waals surface area contributed by atoms with Crippen LogP contribution in [0.4, 0.5) is 0 Å². The van der Waals surface area contributed by atoms with Crippen LogP contribution in [0, 0.1) is 0 Å². The van der Waals surface area contributed by atoms with Crippen LogP contribution >= 0.6 is 24.0 Å². The second-order valence-corrected chi connectivity index (χ2v) is 6.94. The molecule has 0 bridgehead atoms. The molecule has 0 radical (unpaired) electrons. The molecule has 7 nitrogen and oxygen atoms in total. The first-order valence-corrected chi connectivity index (χ1v) is 8.69. The van der Waals surface area contributed by atoms with Gasteiger partial charge >= 0.3 is 5.97 Å². The molecule has 1 fully saturated rings. The summed E-state index contributed by atoms with van der Waals surface area (Å²) in [4.78, 5) is 28.9. The van der Waals surface area contributed by atoms with Crippen molar-refractivity contribution in [3.05, 3.63) is 47.4 Å². The normalized spacial score (nSPS) is 16.0. The molecule has 1 saturated heterocycles. The maximum Gasteiger partial charge on any atom is 0.303 e. The molecule has 9 heteroatoms. The number of hydrogen-bond acceptors (Lipinski definition) is 6. The number of nitrogens with zero attached hydrogens (tertiary/aromatic N) is 4. The van der Waals surface area contributed by atoms with E-state index in [1.54, 1.807) is 17.1 Å². The van der Waals surface area contributed by atoms with Gasteiger partial charge in [0.05, 0.1) is 10.6 Å². The Kier molecular flexibility index (Phi) is 5.25. The topological polar surface area (TPSA) is 88.3 Å². The number of hydrogen-bond donors (Lipinski definition) is 1. The fourth-order valence-corrected chi connectivity index (χ4v) is 3.61. The van der Waals surface area contributed by atoms with Crippen LogP contribution in [0.2, 0.25) is 0 Å². The molecule has 0 atom stereocenters. The van der Waals surface area contributed by atoms with E-state index in [2.05, 4.69) is 10.1 Å². The first-order valence-electron chi connectivity index (χ1n) is 7.47. The Morgan fingerprint density at radius 1 is 1.32 bits per heavy atom. The van der Waals surface area contributed by atoms with Crippen molar-refractivity contribution in [3.8, 4) is 5.69 Å². The van der Waals surface area contributed by atoms with Gasteiger partial charge in [-0.05, 0) is 30.2 Å². The van der Waals surface area contributed by atoms with Crippen LogP contribution in [-0.4, -0.2) is 47.5 Å². The Labute approximate surface area is 153 Å². The summed E-state index contributed by atoms with van der Waals surface area (Å²) in [5.41, 5.74) is 1.74. The minimum Gasteiger partial charge on any atom is -0.481 e. The minimum absolute atomic E-state index is 0.0137. The Balaban J connectivity index is 1.70. The van der Waals surface area contributed by atoms with Gasteiger partial charge in [-0.25, -0.2) is 9.67 Å². The number of carboxylic acids is 1. The van der Waals surface area contributed by atoms with Gasteiger partial charge in [0.2, 0.25) is 0 Å². The van der Waals surface area contributed by atoms with Crippen molar-refractivity contribution in [2.45, 2.75) is 12.8 Å². The van der Waals surface area contributed by atoms with Crippen LogP contribution in [0.15, 0.2) is 41.8 Å². The molecule has 1 aromatic heterocycles. The molecule has 2 aromatic rings. The van der Waals surface area contributed by atoms with Gasteiger partial charge in [0, 0.05) is 13.0 Å². The van der Waals surface area contributed by atoms with Gasteiger partial charge in [0.25, 0.3) is 5.91 Å². The number of thioether (sulfide) groups is 1. The Hall–Kier alpha value is -2.52. The molecule has 1 amide bonds. The van der Waals surface area contributed by atoms with E-state index in [0.717, 1.165) is 11.3 Å². The fraction of sp³-hybridized carbons (Fsp3) is 0.188. The maximum absolute atomic E-state index is 12.4. The van der Waals surface area contributed by atoms with Gasteiger partial charge in [0.15, 0.2) is 0 Å². The lowest BCUT2D eigenvalue weighted by Gasteiger charge is -2.13. The molecule has 128 valence electrons. The summed E-state index contributed by atoms with van der Waals surface area (Å²) < 4.78 is 2.10. The van der Waals surface area contributed by atoms with E-state index < -0.39 is 5.97 Å². The molecule has 25 heavy (non-hydrogen) atoms. The number of rotatable bonds is 6. The number of carbonyl (C=O) groups is 2. The number of benzene rings is 1. The van der Waals surface area contributed by atoms with Crippen LogP contribution in [0.3, 0.4) is 0 Å². The van der Waals surface area contributed by atoms with Gasteiger partial charge in [-0.2, -0.15) is 5.10 Å². The van der Waals surface area contributed by atoms with Crippen molar-refractivity contribution in [3.63, 3.8) is 0 Å². The van der Waals surface area contributed by atoms with E-state index in [4.69, 9.17) is 17.3 Å². The summed E-state index contributed by atoms with van der Waals surface area (Å²) in [6.45, 7) is 0.319. The molecular formula is C16H14N4O3S2.